The van der Waals surface area contributed by atoms with Crippen LogP contribution in [0.15, 0.2) is 42.6 Å². The third-order valence-corrected chi connectivity index (χ3v) is 3.71. The number of carbonyl (C=O) groups excluding carboxylic acids is 1. The number of nitrogens with one attached hydrogen (secondary N) is 1. The van der Waals surface area contributed by atoms with E-state index in [2.05, 4.69) is 5.32 Å². The van der Waals surface area contributed by atoms with Gasteiger partial charge in [0.25, 0.3) is 0 Å². The van der Waals surface area contributed by atoms with E-state index in [1.807, 2.05) is 43.8 Å². The molecule has 4 nitrogen and oxygen atoms in total. The number of rotatable bonds is 4. The van der Waals surface area contributed by atoms with E-state index < -0.39 is 17.8 Å². The molecule has 0 unspecified atom stereocenters. The summed E-state index contributed by atoms with van der Waals surface area (Å²) < 4.78 is 40.2. The van der Waals surface area contributed by atoms with Crippen LogP contribution in [0.2, 0.25) is 0 Å². The van der Waals surface area contributed by atoms with Crippen molar-refractivity contribution < 1.29 is 18.0 Å². The summed E-state index contributed by atoms with van der Waals surface area (Å²) in [5.74, 6) is 0. The van der Waals surface area contributed by atoms with Gasteiger partial charge in [-0.3, -0.25) is 0 Å². The minimum absolute atomic E-state index is 0.106. The van der Waals surface area contributed by atoms with Crippen molar-refractivity contribution in [3.63, 3.8) is 0 Å². The number of benzene rings is 1. The second-order valence-corrected chi connectivity index (χ2v) is 5.84. The SMILES string of the molecule is CC(C)N(Cc1cccn1C)C(=O)Nc1cccc(C(F)(F)F)c1. The van der Waals surface area contributed by atoms with Crippen LogP contribution in [0.5, 0.6) is 0 Å². The molecule has 7 heteroatoms. The molecule has 0 radical (unpaired) electrons. The molecular weight excluding hydrogens is 319 g/mol. The predicted molar refractivity (Wildman–Crippen MR) is 86.6 cm³/mol. The van der Waals surface area contributed by atoms with Crippen LogP contribution in [0.25, 0.3) is 0 Å². The molecule has 0 aliphatic rings. The van der Waals surface area contributed by atoms with Gasteiger partial charge in [0.2, 0.25) is 0 Å². The molecule has 1 N–H and O–H groups in total. The first-order valence-corrected chi connectivity index (χ1v) is 7.53. The number of aryl methyl sites for hydroxylation is 1. The lowest BCUT2D eigenvalue weighted by Gasteiger charge is -2.27. The molecule has 0 aliphatic heterocycles. The zero-order chi connectivity index (χ0) is 17.9. The Morgan fingerprint density at radius 2 is 1.96 bits per heavy atom. The molecule has 2 aromatic rings. The minimum Gasteiger partial charge on any atom is -0.353 e. The summed E-state index contributed by atoms with van der Waals surface area (Å²) in [6, 6.07) is 7.84. The van der Waals surface area contributed by atoms with Gasteiger partial charge in [0.15, 0.2) is 0 Å². The monoisotopic (exact) mass is 339 g/mol. The minimum atomic E-state index is -4.44. The first kappa shape index (κ1) is 17.9. The second kappa shape index (κ2) is 6.98. The lowest BCUT2D eigenvalue weighted by molar-refractivity contribution is -0.137. The molecule has 0 saturated heterocycles. The van der Waals surface area contributed by atoms with E-state index in [1.165, 1.54) is 12.1 Å². The number of hydrogen-bond acceptors (Lipinski definition) is 1. The van der Waals surface area contributed by atoms with Crippen molar-refractivity contribution in [2.75, 3.05) is 5.32 Å². The Morgan fingerprint density at radius 3 is 2.50 bits per heavy atom. The summed E-state index contributed by atoms with van der Waals surface area (Å²) in [4.78, 5) is 14.0. The molecule has 130 valence electrons. The van der Waals surface area contributed by atoms with Gasteiger partial charge in [-0.25, -0.2) is 4.79 Å². The highest BCUT2D eigenvalue weighted by molar-refractivity contribution is 5.89. The first-order valence-electron chi connectivity index (χ1n) is 7.53. The van der Waals surface area contributed by atoms with Crippen LogP contribution in [0, 0.1) is 0 Å². The molecule has 1 heterocycles. The maximum absolute atomic E-state index is 12.8. The molecule has 0 spiro atoms. The van der Waals surface area contributed by atoms with Gasteiger partial charge < -0.3 is 14.8 Å². The van der Waals surface area contributed by atoms with E-state index in [0.29, 0.717) is 6.54 Å². The second-order valence-electron chi connectivity index (χ2n) is 5.84. The Morgan fingerprint density at radius 1 is 1.25 bits per heavy atom. The molecule has 2 amide bonds. The number of aromatic nitrogens is 1. The van der Waals surface area contributed by atoms with Gasteiger partial charge >= 0.3 is 12.2 Å². The molecule has 0 bridgehead atoms. The van der Waals surface area contributed by atoms with Crippen LogP contribution in [0.1, 0.15) is 25.1 Å². The standard InChI is InChI=1S/C17H20F3N3O/c1-12(2)23(11-15-8-5-9-22(15)3)16(24)21-14-7-4-6-13(10-14)17(18,19)20/h4-10,12H,11H2,1-3H3,(H,21,24). The number of carbonyl (C=O) groups is 1. The summed E-state index contributed by atoms with van der Waals surface area (Å²) in [7, 11) is 1.87. The van der Waals surface area contributed by atoms with Crippen LogP contribution >= 0.6 is 0 Å². The Kier molecular flexibility index (Phi) is 5.21. The van der Waals surface area contributed by atoms with Crippen LogP contribution < -0.4 is 5.32 Å². The maximum Gasteiger partial charge on any atom is 0.416 e. The fourth-order valence-electron chi connectivity index (χ4n) is 2.29. The molecule has 24 heavy (non-hydrogen) atoms. The van der Waals surface area contributed by atoms with E-state index in [4.69, 9.17) is 0 Å². The third-order valence-electron chi connectivity index (χ3n) is 3.71. The average molecular weight is 339 g/mol. The molecule has 0 saturated carbocycles. The molecule has 0 atom stereocenters. The van der Waals surface area contributed by atoms with E-state index in [0.717, 1.165) is 17.8 Å². The smallest absolute Gasteiger partial charge is 0.353 e. The third kappa shape index (κ3) is 4.31. The average Bonchev–Trinajstić information content (AvgIpc) is 2.89. The number of nitrogens with zero attached hydrogens (tertiary/aromatic N) is 2. The Hall–Kier alpha value is -2.44. The number of amides is 2. The van der Waals surface area contributed by atoms with Gasteiger partial charge in [-0.2, -0.15) is 13.2 Å². The highest BCUT2D eigenvalue weighted by atomic mass is 19.4. The van der Waals surface area contributed by atoms with Gasteiger partial charge in [0, 0.05) is 30.7 Å². The van der Waals surface area contributed by atoms with Gasteiger partial charge in [-0.1, -0.05) is 6.07 Å². The summed E-state index contributed by atoms with van der Waals surface area (Å²) in [5.41, 5.74) is 0.258. The lowest BCUT2D eigenvalue weighted by atomic mass is 10.2. The van der Waals surface area contributed by atoms with Gasteiger partial charge in [-0.05, 0) is 44.2 Å². The Bertz CT molecular complexity index is 707. The van der Waals surface area contributed by atoms with E-state index >= 15 is 0 Å². The van der Waals surface area contributed by atoms with Crippen LogP contribution in [0.3, 0.4) is 0 Å². The number of hydrogen-bond donors (Lipinski definition) is 1. The predicted octanol–water partition coefficient (Wildman–Crippen LogP) is 4.49. The van der Waals surface area contributed by atoms with Crippen molar-refractivity contribution in [3.05, 3.63) is 53.9 Å². The highest BCUT2D eigenvalue weighted by Crippen LogP contribution is 2.30. The highest BCUT2D eigenvalue weighted by Gasteiger charge is 2.30. The fraction of sp³-hybridized carbons (Fsp3) is 0.353. The van der Waals surface area contributed by atoms with Crippen LogP contribution in [-0.2, 0) is 19.8 Å². The lowest BCUT2D eigenvalue weighted by Crippen LogP contribution is -2.39. The van der Waals surface area contributed by atoms with Crippen molar-refractivity contribution in [3.8, 4) is 0 Å². The largest absolute Gasteiger partial charge is 0.416 e. The fourth-order valence-corrected chi connectivity index (χ4v) is 2.29. The van der Waals surface area contributed by atoms with E-state index in [-0.39, 0.29) is 11.7 Å². The van der Waals surface area contributed by atoms with Crippen molar-refractivity contribution in [2.24, 2.45) is 7.05 Å². The van der Waals surface area contributed by atoms with E-state index in [9.17, 15) is 18.0 Å². The van der Waals surface area contributed by atoms with Crippen LogP contribution in [0.4, 0.5) is 23.7 Å². The number of alkyl halides is 3. The van der Waals surface area contributed by atoms with Crippen LogP contribution in [-0.4, -0.2) is 21.5 Å². The molecule has 1 aromatic heterocycles. The van der Waals surface area contributed by atoms with Crippen molar-refractivity contribution in [2.45, 2.75) is 32.6 Å². The Balaban J connectivity index is 2.15. The normalized spacial score (nSPS) is 11.6. The molecule has 2 rings (SSSR count). The van der Waals surface area contributed by atoms with Gasteiger partial charge in [0.05, 0.1) is 12.1 Å². The zero-order valence-electron chi connectivity index (χ0n) is 13.8. The molecule has 0 aliphatic carbocycles. The molecule has 0 fully saturated rings. The summed E-state index contributed by atoms with van der Waals surface area (Å²) in [5, 5.41) is 2.55. The number of anilines is 1. The Labute approximate surface area is 138 Å². The molecule has 1 aromatic carbocycles. The topological polar surface area (TPSA) is 37.3 Å². The maximum atomic E-state index is 12.8. The summed E-state index contributed by atoms with van der Waals surface area (Å²) >= 11 is 0. The van der Waals surface area contributed by atoms with Gasteiger partial charge in [0.1, 0.15) is 0 Å². The van der Waals surface area contributed by atoms with Crippen molar-refractivity contribution in [1.29, 1.82) is 0 Å². The quantitative estimate of drug-likeness (QED) is 0.876. The molecular formula is C17H20F3N3O. The van der Waals surface area contributed by atoms with Crippen molar-refractivity contribution >= 4 is 11.7 Å². The summed E-state index contributed by atoms with van der Waals surface area (Å²) in [6.45, 7) is 4.08. The summed E-state index contributed by atoms with van der Waals surface area (Å²) in [6.07, 6.45) is -2.57. The number of urea groups is 1. The zero-order valence-corrected chi connectivity index (χ0v) is 13.8. The van der Waals surface area contributed by atoms with Crippen molar-refractivity contribution in [1.82, 2.24) is 9.47 Å². The number of halogens is 3. The first-order chi connectivity index (χ1) is 11.2. The van der Waals surface area contributed by atoms with Gasteiger partial charge in [-0.15, -0.1) is 0 Å². The van der Waals surface area contributed by atoms with E-state index in [1.54, 1.807) is 4.90 Å².